The fourth-order valence-electron chi connectivity index (χ4n) is 2.07. The molecule has 0 bridgehead atoms. The highest BCUT2D eigenvalue weighted by Crippen LogP contribution is 2.27. The maximum absolute atomic E-state index is 12.4. The molecule has 108 valence electrons. The van der Waals surface area contributed by atoms with Gasteiger partial charge in [0.05, 0.1) is 0 Å². The van der Waals surface area contributed by atoms with E-state index in [1.165, 1.54) is 4.90 Å². The monoisotopic (exact) mass is 368 g/mol. The zero-order chi connectivity index (χ0) is 15.4. The van der Waals surface area contributed by atoms with Crippen molar-refractivity contribution in [3.8, 4) is 0 Å². The Morgan fingerprint density at radius 1 is 0.682 bits per heavy atom. The summed E-state index contributed by atoms with van der Waals surface area (Å²) in [4.78, 5) is 14.7. The molecule has 3 rings (SSSR count). The van der Waals surface area contributed by atoms with Crippen LogP contribution in [0.2, 0.25) is 0 Å². The maximum atomic E-state index is 12.4. The first-order chi connectivity index (χ1) is 10.7. The molecule has 0 aromatic heterocycles. The summed E-state index contributed by atoms with van der Waals surface area (Å²) >= 11 is 5.07. The van der Waals surface area contributed by atoms with E-state index in [0.29, 0.717) is 11.1 Å². The lowest BCUT2D eigenvalue weighted by molar-refractivity contribution is 0.103. The Kier molecular flexibility index (Phi) is 4.76. The van der Waals surface area contributed by atoms with E-state index in [4.69, 9.17) is 0 Å². The highest BCUT2D eigenvalue weighted by molar-refractivity contribution is 9.10. The zero-order valence-electron chi connectivity index (χ0n) is 11.7. The second-order valence-corrected chi connectivity index (χ2v) is 6.84. The molecule has 22 heavy (non-hydrogen) atoms. The van der Waals surface area contributed by atoms with Crippen molar-refractivity contribution in [2.75, 3.05) is 0 Å². The lowest BCUT2D eigenvalue weighted by Crippen LogP contribution is -2.00. The van der Waals surface area contributed by atoms with Gasteiger partial charge in [-0.1, -0.05) is 45.9 Å². The summed E-state index contributed by atoms with van der Waals surface area (Å²) in [7, 11) is 0. The van der Waals surface area contributed by atoms with Crippen molar-refractivity contribution in [3.05, 3.63) is 94.5 Å². The molecule has 0 fully saturated rings. The van der Waals surface area contributed by atoms with Crippen LogP contribution in [0.1, 0.15) is 15.9 Å². The van der Waals surface area contributed by atoms with Gasteiger partial charge in [0.15, 0.2) is 5.78 Å². The van der Waals surface area contributed by atoms with E-state index in [0.717, 1.165) is 9.37 Å². The van der Waals surface area contributed by atoms with Gasteiger partial charge >= 0.3 is 0 Å². The molecule has 0 N–H and O–H groups in total. The van der Waals surface area contributed by atoms with E-state index in [2.05, 4.69) is 28.1 Å². The van der Waals surface area contributed by atoms with E-state index in [1.54, 1.807) is 11.8 Å². The molecule has 0 aliphatic rings. The van der Waals surface area contributed by atoms with Crippen LogP contribution in [0.5, 0.6) is 0 Å². The van der Waals surface area contributed by atoms with Gasteiger partial charge in [0.2, 0.25) is 0 Å². The number of rotatable bonds is 4. The topological polar surface area (TPSA) is 17.1 Å². The van der Waals surface area contributed by atoms with Gasteiger partial charge in [-0.15, -0.1) is 0 Å². The average molecular weight is 369 g/mol. The molecule has 0 unspecified atom stereocenters. The van der Waals surface area contributed by atoms with Gasteiger partial charge in [-0.3, -0.25) is 4.79 Å². The molecule has 0 atom stereocenters. The van der Waals surface area contributed by atoms with E-state index in [1.807, 2.05) is 66.7 Å². The first-order valence-electron chi connectivity index (χ1n) is 6.85. The summed E-state index contributed by atoms with van der Waals surface area (Å²) in [5.41, 5.74) is 1.41. The normalized spacial score (nSPS) is 10.4. The number of benzene rings is 3. The van der Waals surface area contributed by atoms with Crippen LogP contribution >= 0.6 is 27.7 Å². The summed E-state index contributed by atoms with van der Waals surface area (Å²) in [6.45, 7) is 0. The molecular formula is C19H13BrOS. The largest absolute Gasteiger partial charge is 0.289 e. The van der Waals surface area contributed by atoms with Crippen LogP contribution in [0, 0.1) is 0 Å². The van der Waals surface area contributed by atoms with Crippen molar-refractivity contribution in [1.82, 2.24) is 0 Å². The Morgan fingerprint density at radius 3 is 1.77 bits per heavy atom. The molecule has 0 heterocycles. The second-order valence-electron chi connectivity index (χ2n) is 4.78. The second kappa shape index (κ2) is 6.95. The van der Waals surface area contributed by atoms with Crippen LogP contribution in [-0.2, 0) is 0 Å². The standard InChI is InChI=1S/C19H13BrOS/c20-16-10-6-14(7-11-16)19(21)15-8-12-18(13-9-15)22-17-4-2-1-3-5-17/h1-13H. The number of halogens is 1. The molecule has 0 saturated heterocycles. The molecule has 1 nitrogen and oxygen atoms in total. The minimum Gasteiger partial charge on any atom is -0.289 e. The van der Waals surface area contributed by atoms with Crippen molar-refractivity contribution in [3.63, 3.8) is 0 Å². The Hall–Kier alpha value is -1.84. The van der Waals surface area contributed by atoms with Crippen LogP contribution in [0.25, 0.3) is 0 Å². The van der Waals surface area contributed by atoms with Gasteiger partial charge in [-0.05, 0) is 60.7 Å². The third-order valence-corrected chi connectivity index (χ3v) is 4.75. The van der Waals surface area contributed by atoms with E-state index < -0.39 is 0 Å². The van der Waals surface area contributed by atoms with Gasteiger partial charge in [0.25, 0.3) is 0 Å². The third-order valence-electron chi connectivity index (χ3n) is 3.20. The van der Waals surface area contributed by atoms with Crippen LogP contribution in [0.15, 0.2) is 93.1 Å². The first-order valence-corrected chi connectivity index (χ1v) is 8.46. The van der Waals surface area contributed by atoms with Crippen molar-refractivity contribution in [2.45, 2.75) is 9.79 Å². The van der Waals surface area contributed by atoms with Crippen LogP contribution in [0.3, 0.4) is 0 Å². The highest BCUT2D eigenvalue weighted by atomic mass is 79.9. The number of ketones is 1. The Labute approximate surface area is 142 Å². The highest BCUT2D eigenvalue weighted by Gasteiger charge is 2.08. The molecule has 3 aromatic rings. The van der Waals surface area contributed by atoms with Crippen LogP contribution < -0.4 is 0 Å². The molecule has 0 spiro atoms. The molecule has 0 amide bonds. The molecule has 0 saturated carbocycles. The molecule has 3 heteroatoms. The predicted octanol–water partition coefficient (Wildman–Crippen LogP) is 5.83. The Balaban J connectivity index is 1.76. The van der Waals surface area contributed by atoms with Crippen molar-refractivity contribution >= 4 is 33.5 Å². The number of hydrogen-bond acceptors (Lipinski definition) is 2. The quantitative estimate of drug-likeness (QED) is 0.538. The van der Waals surface area contributed by atoms with Gasteiger partial charge in [-0.2, -0.15) is 0 Å². The van der Waals surface area contributed by atoms with Gasteiger partial charge < -0.3 is 0 Å². The molecule has 0 radical (unpaired) electrons. The minimum atomic E-state index is 0.0451. The lowest BCUT2D eigenvalue weighted by Gasteiger charge is -2.04. The predicted molar refractivity (Wildman–Crippen MR) is 94.6 cm³/mol. The fraction of sp³-hybridized carbons (Fsp3) is 0. The van der Waals surface area contributed by atoms with E-state index in [-0.39, 0.29) is 5.78 Å². The van der Waals surface area contributed by atoms with Gasteiger partial charge in [0, 0.05) is 25.4 Å². The van der Waals surface area contributed by atoms with Gasteiger partial charge in [-0.25, -0.2) is 0 Å². The molecule has 3 aromatic carbocycles. The maximum Gasteiger partial charge on any atom is 0.193 e. The first kappa shape index (κ1) is 15.1. The smallest absolute Gasteiger partial charge is 0.193 e. The SMILES string of the molecule is O=C(c1ccc(Br)cc1)c1ccc(Sc2ccccc2)cc1. The molecular weight excluding hydrogens is 356 g/mol. The van der Waals surface area contributed by atoms with Gasteiger partial charge in [0.1, 0.15) is 0 Å². The third kappa shape index (κ3) is 3.67. The zero-order valence-corrected chi connectivity index (χ0v) is 14.1. The average Bonchev–Trinajstić information content (AvgIpc) is 2.57. The fourth-order valence-corrected chi connectivity index (χ4v) is 3.17. The van der Waals surface area contributed by atoms with E-state index in [9.17, 15) is 4.79 Å². The molecule has 0 aliphatic heterocycles. The summed E-state index contributed by atoms with van der Waals surface area (Å²) in [5.74, 6) is 0.0451. The van der Waals surface area contributed by atoms with E-state index >= 15 is 0 Å². The van der Waals surface area contributed by atoms with Crippen molar-refractivity contribution in [1.29, 1.82) is 0 Å². The van der Waals surface area contributed by atoms with Crippen LogP contribution in [-0.4, -0.2) is 5.78 Å². The lowest BCUT2D eigenvalue weighted by atomic mass is 10.0. The summed E-state index contributed by atoms with van der Waals surface area (Å²) < 4.78 is 0.971. The summed E-state index contributed by atoms with van der Waals surface area (Å²) in [5, 5.41) is 0. The molecule has 0 aliphatic carbocycles. The summed E-state index contributed by atoms with van der Waals surface area (Å²) in [6, 6.07) is 25.4. The van der Waals surface area contributed by atoms with Crippen LogP contribution in [0.4, 0.5) is 0 Å². The Morgan fingerprint density at radius 2 is 1.18 bits per heavy atom. The minimum absolute atomic E-state index is 0.0451. The summed E-state index contributed by atoms with van der Waals surface area (Å²) in [6.07, 6.45) is 0. The van der Waals surface area contributed by atoms with Crippen molar-refractivity contribution < 1.29 is 4.79 Å². The van der Waals surface area contributed by atoms with Crippen molar-refractivity contribution in [2.24, 2.45) is 0 Å². The Bertz CT molecular complexity index is 765. The number of carbonyl (C=O) groups is 1. The number of carbonyl (C=O) groups excluding carboxylic acids is 1. The number of hydrogen-bond donors (Lipinski definition) is 0.